The van der Waals surface area contributed by atoms with Crippen LogP contribution >= 0.6 is 11.6 Å². The van der Waals surface area contributed by atoms with E-state index < -0.39 is 11.6 Å². The second-order valence-electron chi connectivity index (χ2n) is 7.54. The highest BCUT2D eigenvalue weighted by atomic mass is 35.5. The second-order valence-corrected chi connectivity index (χ2v) is 7.95. The lowest BCUT2D eigenvalue weighted by Gasteiger charge is -2.43. The van der Waals surface area contributed by atoms with E-state index in [0.717, 1.165) is 10.5 Å². The molecule has 1 aromatic heterocycles. The van der Waals surface area contributed by atoms with Crippen molar-refractivity contribution in [3.63, 3.8) is 0 Å². The van der Waals surface area contributed by atoms with Gasteiger partial charge in [-0.3, -0.25) is 9.78 Å². The van der Waals surface area contributed by atoms with Crippen molar-refractivity contribution < 1.29 is 14.3 Å². The first-order chi connectivity index (χ1) is 14.6. The van der Waals surface area contributed by atoms with Gasteiger partial charge in [0.2, 0.25) is 0 Å². The fourth-order valence-corrected chi connectivity index (χ4v) is 4.46. The van der Waals surface area contributed by atoms with E-state index in [9.17, 15) is 9.59 Å². The molecule has 2 aromatic carbocycles. The number of rotatable bonds is 4. The number of urea groups is 1. The van der Waals surface area contributed by atoms with Crippen molar-refractivity contribution in [2.24, 2.45) is 0 Å². The number of ether oxygens (including phenoxy) is 1. The number of carbonyl (C=O) groups excluding carboxylic acids is 2. The third-order valence-electron chi connectivity index (χ3n) is 5.67. The number of anilines is 1. The topological polar surface area (TPSA) is 71.5 Å². The summed E-state index contributed by atoms with van der Waals surface area (Å²) >= 11 is 6.31. The Bertz CT molecular complexity index is 1130. The smallest absolute Gasteiger partial charge is 0.329 e. The molecule has 1 aliphatic heterocycles. The van der Waals surface area contributed by atoms with Crippen molar-refractivity contribution >= 4 is 29.2 Å². The Balaban J connectivity index is 1.41. The van der Waals surface area contributed by atoms with Crippen molar-refractivity contribution in [3.05, 3.63) is 83.6 Å². The predicted molar refractivity (Wildman–Crippen MR) is 113 cm³/mol. The van der Waals surface area contributed by atoms with Crippen molar-refractivity contribution in [1.82, 2.24) is 10.3 Å². The molecule has 2 aliphatic rings. The summed E-state index contributed by atoms with van der Waals surface area (Å²) in [6, 6.07) is 18.0. The average Bonchev–Trinajstić information content (AvgIpc) is 2.99. The van der Waals surface area contributed by atoms with Gasteiger partial charge in [-0.25, -0.2) is 9.69 Å². The molecule has 5 rings (SSSR count). The molecule has 0 unspecified atom stereocenters. The van der Waals surface area contributed by atoms with Gasteiger partial charge in [-0.2, -0.15) is 0 Å². The highest BCUT2D eigenvalue weighted by molar-refractivity contribution is 6.31. The number of hydrogen-bond acceptors (Lipinski definition) is 4. The summed E-state index contributed by atoms with van der Waals surface area (Å²) in [4.78, 5) is 31.3. The zero-order valence-electron chi connectivity index (χ0n) is 15.9. The number of para-hydroxylation sites is 1. The van der Waals surface area contributed by atoms with Crippen LogP contribution in [0.2, 0.25) is 5.02 Å². The van der Waals surface area contributed by atoms with Gasteiger partial charge in [0.05, 0.1) is 6.20 Å². The van der Waals surface area contributed by atoms with E-state index in [1.807, 2.05) is 42.5 Å². The summed E-state index contributed by atoms with van der Waals surface area (Å²) in [6.07, 6.45) is 4.05. The van der Waals surface area contributed by atoms with E-state index in [-0.39, 0.29) is 11.8 Å². The fourth-order valence-electron chi connectivity index (χ4n) is 4.17. The Morgan fingerprint density at radius 1 is 1.03 bits per heavy atom. The first kappa shape index (κ1) is 18.6. The summed E-state index contributed by atoms with van der Waals surface area (Å²) in [5.41, 5.74) is 0.405. The van der Waals surface area contributed by atoms with Gasteiger partial charge in [-0.15, -0.1) is 0 Å². The first-order valence-corrected chi connectivity index (χ1v) is 10.0. The molecule has 1 saturated heterocycles. The number of carbonyl (C=O) groups is 2. The van der Waals surface area contributed by atoms with Gasteiger partial charge in [-0.1, -0.05) is 48.0 Å². The molecule has 0 atom stereocenters. The highest BCUT2D eigenvalue weighted by Crippen LogP contribution is 2.50. The Hall–Kier alpha value is -3.38. The van der Waals surface area contributed by atoms with E-state index in [2.05, 4.69) is 10.3 Å². The molecule has 1 aliphatic carbocycles. The van der Waals surface area contributed by atoms with Crippen LogP contribution in [0.1, 0.15) is 24.3 Å². The second kappa shape index (κ2) is 7.15. The molecule has 150 valence electrons. The van der Waals surface area contributed by atoms with Gasteiger partial charge in [-0.05, 0) is 42.5 Å². The van der Waals surface area contributed by atoms with E-state index >= 15 is 0 Å². The van der Waals surface area contributed by atoms with Crippen molar-refractivity contribution in [3.8, 4) is 11.5 Å². The van der Waals surface area contributed by atoms with Crippen LogP contribution < -0.4 is 15.0 Å². The number of hydrogen-bond donors (Lipinski definition) is 1. The van der Waals surface area contributed by atoms with Crippen molar-refractivity contribution in [1.29, 1.82) is 0 Å². The zero-order valence-corrected chi connectivity index (χ0v) is 16.7. The molecule has 0 bridgehead atoms. The molecular formula is C23H18ClN3O3. The van der Waals surface area contributed by atoms with Crippen LogP contribution in [-0.4, -0.2) is 22.5 Å². The summed E-state index contributed by atoms with van der Waals surface area (Å²) in [6.45, 7) is 0. The Kier molecular flexibility index (Phi) is 4.44. The molecule has 1 spiro atoms. The molecule has 1 N–H and O–H groups in total. The van der Waals surface area contributed by atoms with E-state index in [1.54, 1.807) is 24.4 Å². The highest BCUT2D eigenvalue weighted by Gasteiger charge is 2.59. The van der Waals surface area contributed by atoms with Crippen LogP contribution in [0.5, 0.6) is 11.5 Å². The van der Waals surface area contributed by atoms with E-state index in [0.29, 0.717) is 35.1 Å². The third kappa shape index (κ3) is 3.00. The maximum absolute atomic E-state index is 13.3. The zero-order chi connectivity index (χ0) is 20.7. The quantitative estimate of drug-likeness (QED) is 0.610. The minimum absolute atomic E-state index is 0.122. The largest absolute Gasteiger partial charge is 0.455 e. The molecular weight excluding hydrogens is 402 g/mol. The lowest BCUT2D eigenvalue weighted by Crippen LogP contribution is -2.56. The molecule has 6 nitrogen and oxygen atoms in total. The van der Waals surface area contributed by atoms with Crippen LogP contribution in [0.4, 0.5) is 10.5 Å². The Morgan fingerprint density at radius 2 is 1.77 bits per heavy atom. The molecule has 1 saturated carbocycles. The number of amides is 3. The van der Waals surface area contributed by atoms with Gasteiger partial charge < -0.3 is 10.1 Å². The van der Waals surface area contributed by atoms with Crippen LogP contribution in [-0.2, 0) is 4.79 Å². The summed E-state index contributed by atoms with van der Waals surface area (Å²) < 4.78 is 5.91. The molecule has 3 aromatic rings. The van der Waals surface area contributed by atoms with Crippen LogP contribution in [0.3, 0.4) is 0 Å². The molecule has 30 heavy (non-hydrogen) atoms. The van der Waals surface area contributed by atoms with Crippen LogP contribution in [0, 0.1) is 0 Å². The van der Waals surface area contributed by atoms with Crippen LogP contribution in [0.25, 0.3) is 0 Å². The summed E-state index contributed by atoms with van der Waals surface area (Å²) in [5.74, 6) is 0.825. The number of pyridine rings is 1. The summed E-state index contributed by atoms with van der Waals surface area (Å²) in [7, 11) is 0. The van der Waals surface area contributed by atoms with Gasteiger partial charge in [0.1, 0.15) is 17.0 Å². The maximum atomic E-state index is 13.3. The lowest BCUT2D eigenvalue weighted by molar-refractivity contribution is -0.125. The predicted octanol–water partition coefficient (Wildman–Crippen LogP) is 4.90. The van der Waals surface area contributed by atoms with Gasteiger partial charge in [0.25, 0.3) is 5.91 Å². The number of nitrogens with zero attached hydrogens (tertiary/aromatic N) is 2. The third-order valence-corrected chi connectivity index (χ3v) is 6.01. The van der Waals surface area contributed by atoms with Crippen LogP contribution in [0.15, 0.2) is 73.1 Å². The minimum Gasteiger partial charge on any atom is -0.455 e. The average molecular weight is 420 g/mol. The molecule has 0 radical (unpaired) electrons. The van der Waals surface area contributed by atoms with Crippen molar-refractivity contribution in [2.75, 3.05) is 4.90 Å². The Labute approximate surface area is 178 Å². The number of aromatic nitrogens is 1. The monoisotopic (exact) mass is 419 g/mol. The fraction of sp³-hybridized carbons (Fsp3) is 0.174. The standard InChI is InChI=1S/C23H18ClN3O3/c24-18-9-5-4-8-17(18)15-12-23(13-15)21(28)27(22(29)26-23)19-14-25-11-10-20(19)30-16-6-2-1-3-7-16/h1-11,14-15H,12-13H2,(H,26,29). The first-order valence-electron chi connectivity index (χ1n) is 9.65. The Morgan fingerprint density at radius 3 is 2.53 bits per heavy atom. The van der Waals surface area contributed by atoms with E-state index in [4.69, 9.17) is 16.3 Å². The van der Waals surface area contributed by atoms with E-state index in [1.165, 1.54) is 6.20 Å². The normalized spacial score (nSPS) is 22.7. The molecule has 2 heterocycles. The number of halogens is 1. The molecule has 3 amide bonds. The number of imide groups is 1. The SMILES string of the molecule is O=C1NC2(CC(c3ccccc3Cl)C2)C(=O)N1c1cnccc1Oc1ccccc1. The molecule has 7 heteroatoms. The van der Waals surface area contributed by atoms with Gasteiger partial charge >= 0.3 is 6.03 Å². The number of nitrogens with one attached hydrogen (secondary N) is 1. The number of benzene rings is 2. The maximum Gasteiger partial charge on any atom is 0.329 e. The minimum atomic E-state index is -0.916. The molecule has 2 fully saturated rings. The summed E-state index contributed by atoms with van der Waals surface area (Å²) in [5, 5.41) is 3.56. The van der Waals surface area contributed by atoms with Gasteiger partial charge in [0, 0.05) is 17.3 Å². The van der Waals surface area contributed by atoms with Gasteiger partial charge in [0.15, 0.2) is 5.75 Å². The lowest BCUT2D eigenvalue weighted by atomic mass is 9.65. The van der Waals surface area contributed by atoms with Crippen molar-refractivity contribution in [2.45, 2.75) is 24.3 Å².